The molecule has 8 heteroatoms. The molecule has 1 aliphatic heterocycles. The van der Waals surface area contributed by atoms with Gasteiger partial charge in [-0.25, -0.2) is 4.98 Å². The molecule has 152 valence electrons. The predicted molar refractivity (Wildman–Crippen MR) is 110 cm³/mol. The third-order valence-corrected chi connectivity index (χ3v) is 5.03. The third-order valence-electron chi connectivity index (χ3n) is 5.03. The fourth-order valence-corrected chi connectivity index (χ4v) is 3.53. The molecule has 3 N–H and O–H groups in total. The van der Waals surface area contributed by atoms with E-state index in [1.165, 1.54) is 18.3 Å². The number of benzene rings is 1. The summed E-state index contributed by atoms with van der Waals surface area (Å²) in [6.45, 7) is 0.494. The Hall–Kier alpha value is -3.42. The van der Waals surface area contributed by atoms with E-state index in [0.29, 0.717) is 6.54 Å². The summed E-state index contributed by atoms with van der Waals surface area (Å²) in [5, 5.41) is 2.44. The Kier molecular flexibility index (Phi) is 6.11. The van der Waals surface area contributed by atoms with Crippen molar-refractivity contribution in [3.8, 4) is 0 Å². The van der Waals surface area contributed by atoms with Gasteiger partial charge in [0.15, 0.2) is 0 Å². The molecular weight excluding hydrogens is 370 g/mol. The Morgan fingerprint density at radius 2 is 1.97 bits per heavy atom. The quantitative estimate of drug-likeness (QED) is 0.769. The summed E-state index contributed by atoms with van der Waals surface area (Å²) in [5.41, 5.74) is 7.40. The summed E-state index contributed by atoms with van der Waals surface area (Å²) in [7, 11) is 3.92. The van der Waals surface area contributed by atoms with Crippen molar-refractivity contribution in [2.75, 3.05) is 30.9 Å². The second-order valence-electron chi connectivity index (χ2n) is 7.22. The van der Waals surface area contributed by atoms with Crippen molar-refractivity contribution in [1.29, 1.82) is 0 Å². The fourth-order valence-electron chi connectivity index (χ4n) is 3.53. The SMILES string of the molecule is CN(C)c1cccc([C@H]2CCCCN2C(=O)C(=O)Nc2ncccc2C(N)=O)c1. The summed E-state index contributed by atoms with van der Waals surface area (Å²) in [5.74, 6) is -2.22. The van der Waals surface area contributed by atoms with Crippen molar-refractivity contribution < 1.29 is 14.4 Å². The predicted octanol–water partition coefficient (Wildman–Crippen LogP) is 1.94. The number of rotatable bonds is 4. The molecule has 29 heavy (non-hydrogen) atoms. The van der Waals surface area contributed by atoms with Gasteiger partial charge in [-0.15, -0.1) is 0 Å². The van der Waals surface area contributed by atoms with E-state index in [4.69, 9.17) is 5.73 Å². The minimum Gasteiger partial charge on any atom is -0.378 e. The molecule has 0 aliphatic carbocycles. The van der Waals surface area contributed by atoms with E-state index in [2.05, 4.69) is 10.3 Å². The third kappa shape index (κ3) is 4.53. The lowest BCUT2D eigenvalue weighted by Crippen LogP contribution is -2.44. The summed E-state index contributed by atoms with van der Waals surface area (Å²) >= 11 is 0. The normalized spacial score (nSPS) is 16.2. The lowest BCUT2D eigenvalue weighted by atomic mass is 9.94. The number of piperidine rings is 1. The Labute approximate surface area is 169 Å². The average Bonchev–Trinajstić information content (AvgIpc) is 2.73. The highest BCUT2D eigenvalue weighted by atomic mass is 16.2. The number of carbonyl (C=O) groups excluding carboxylic acids is 3. The summed E-state index contributed by atoms with van der Waals surface area (Å²) < 4.78 is 0. The van der Waals surface area contributed by atoms with Crippen molar-refractivity contribution in [2.45, 2.75) is 25.3 Å². The Bertz CT molecular complexity index is 928. The molecule has 3 amide bonds. The number of nitrogens with zero attached hydrogens (tertiary/aromatic N) is 3. The maximum atomic E-state index is 12.9. The highest BCUT2D eigenvalue weighted by Crippen LogP contribution is 2.32. The van der Waals surface area contributed by atoms with Gasteiger partial charge in [0.05, 0.1) is 11.6 Å². The first-order valence-corrected chi connectivity index (χ1v) is 9.52. The van der Waals surface area contributed by atoms with Crippen molar-refractivity contribution in [3.05, 3.63) is 53.7 Å². The van der Waals surface area contributed by atoms with Crippen LogP contribution in [0.15, 0.2) is 42.6 Å². The number of nitrogens with two attached hydrogens (primary N) is 1. The first-order chi connectivity index (χ1) is 13.9. The molecule has 2 heterocycles. The molecule has 1 fully saturated rings. The van der Waals surface area contributed by atoms with Crippen LogP contribution in [0.2, 0.25) is 0 Å². The number of aromatic nitrogens is 1. The number of pyridine rings is 1. The number of hydrogen-bond donors (Lipinski definition) is 2. The zero-order chi connectivity index (χ0) is 21.0. The van der Waals surface area contributed by atoms with Gasteiger partial charge < -0.3 is 20.9 Å². The molecule has 0 bridgehead atoms. The first-order valence-electron chi connectivity index (χ1n) is 9.52. The average molecular weight is 395 g/mol. The van der Waals surface area contributed by atoms with E-state index in [1.54, 1.807) is 4.90 Å². The van der Waals surface area contributed by atoms with Crippen LogP contribution >= 0.6 is 0 Å². The van der Waals surface area contributed by atoms with Crippen LogP contribution in [0, 0.1) is 0 Å². The monoisotopic (exact) mass is 395 g/mol. The molecular formula is C21H25N5O3. The number of nitrogens with one attached hydrogen (secondary N) is 1. The zero-order valence-corrected chi connectivity index (χ0v) is 16.6. The second kappa shape index (κ2) is 8.72. The molecule has 0 unspecified atom stereocenters. The number of primary amides is 1. The highest BCUT2D eigenvalue weighted by molar-refractivity contribution is 6.39. The fraction of sp³-hybridized carbons (Fsp3) is 0.333. The molecule has 2 aromatic rings. The lowest BCUT2D eigenvalue weighted by Gasteiger charge is -2.36. The maximum Gasteiger partial charge on any atom is 0.315 e. The molecule has 0 saturated carbocycles. The minimum absolute atomic E-state index is 0.0125. The Balaban J connectivity index is 1.82. The molecule has 1 aromatic carbocycles. The van der Waals surface area contributed by atoms with E-state index in [1.807, 2.05) is 43.3 Å². The van der Waals surface area contributed by atoms with Crippen LogP contribution in [0.25, 0.3) is 0 Å². The Morgan fingerprint density at radius 1 is 1.17 bits per heavy atom. The van der Waals surface area contributed by atoms with Crippen LogP contribution in [0.1, 0.15) is 41.2 Å². The highest BCUT2D eigenvalue weighted by Gasteiger charge is 2.32. The zero-order valence-electron chi connectivity index (χ0n) is 16.6. The first kappa shape index (κ1) is 20.3. The van der Waals surface area contributed by atoms with Gasteiger partial charge in [-0.05, 0) is 49.1 Å². The van der Waals surface area contributed by atoms with Gasteiger partial charge >= 0.3 is 11.8 Å². The van der Waals surface area contributed by atoms with E-state index < -0.39 is 17.7 Å². The van der Waals surface area contributed by atoms with Crippen LogP contribution < -0.4 is 16.0 Å². The molecule has 3 rings (SSSR count). The number of likely N-dealkylation sites (tertiary alicyclic amines) is 1. The maximum absolute atomic E-state index is 12.9. The van der Waals surface area contributed by atoms with Gasteiger partial charge in [-0.2, -0.15) is 0 Å². The Morgan fingerprint density at radius 3 is 2.69 bits per heavy atom. The molecule has 1 saturated heterocycles. The summed E-state index contributed by atoms with van der Waals surface area (Å²) in [4.78, 5) is 44.7. The van der Waals surface area contributed by atoms with Gasteiger partial charge in [0.25, 0.3) is 5.91 Å². The van der Waals surface area contributed by atoms with Crippen LogP contribution in [-0.2, 0) is 9.59 Å². The van der Waals surface area contributed by atoms with Gasteiger partial charge in [0.2, 0.25) is 0 Å². The van der Waals surface area contributed by atoms with E-state index in [9.17, 15) is 14.4 Å². The van der Waals surface area contributed by atoms with Gasteiger partial charge in [-0.1, -0.05) is 12.1 Å². The topological polar surface area (TPSA) is 109 Å². The molecule has 1 atom stereocenters. The molecule has 1 aromatic heterocycles. The van der Waals surface area contributed by atoms with Gasteiger partial charge in [0, 0.05) is 32.5 Å². The van der Waals surface area contributed by atoms with Gasteiger partial charge in [-0.3, -0.25) is 14.4 Å². The summed E-state index contributed by atoms with van der Waals surface area (Å²) in [6.07, 6.45) is 4.02. The van der Waals surface area contributed by atoms with Crippen molar-refractivity contribution in [3.63, 3.8) is 0 Å². The van der Waals surface area contributed by atoms with Crippen LogP contribution in [-0.4, -0.2) is 48.2 Å². The van der Waals surface area contributed by atoms with Crippen molar-refractivity contribution >= 4 is 29.2 Å². The molecule has 0 radical (unpaired) electrons. The molecule has 8 nitrogen and oxygen atoms in total. The van der Waals surface area contributed by atoms with E-state index in [0.717, 1.165) is 30.5 Å². The smallest absolute Gasteiger partial charge is 0.315 e. The molecule has 0 spiro atoms. The minimum atomic E-state index is -0.832. The molecule has 1 aliphatic rings. The number of hydrogen-bond acceptors (Lipinski definition) is 5. The van der Waals surface area contributed by atoms with E-state index in [-0.39, 0.29) is 17.4 Å². The van der Waals surface area contributed by atoms with Crippen LogP contribution in [0.5, 0.6) is 0 Å². The summed E-state index contributed by atoms with van der Waals surface area (Å²) in [6, 6.07) is 10.8. The van der Waals surface area contributed by atoms with Gasteiger partial charge in [0.1, 0.15) is 5.82 Å². The standard InChI is InChI=1S/C21H25N5O3/c1-25(2)15-8-5-7-14(13-15)17-10-3-4-12-26(17)21(29)20(28)24-19-16(18(22)27)9-6-11-23-19/h5-9,11,13,17H,3-4,10,12H2,1-2H3,(H2,22,27)(H,23,24,28)/t17-/m1/s1. The van der Waals surface area contributed by atoms with Crippen LogP contribution in [0.4, 0.5) is 11.5 Å². The largest absolute Gasteiger partial charge is 0.378 e. The van der Waals surface area contributed by atoms with Crippen LogP contribution in [0.3, 0.4) is 0 Å². The van der Waals surface area contributed by atoms with Crippen molar-refractivity contribution in [2.24, 2.45) is 5.73 Å². The lowest BCUT2D eigenvalue weighted by molar-refractivity contribution is -0.145. The van der Waals surface area contributed by atoms with Crippen molar-refractivity contribution in [1.82, 2.24) is 9.88 Å². The number of amides is 3. The second-order valence-corrected chi connectivity index (χ2v) is 7.22. The number of anilines is 2. The van der Waals surface area contributed by atoms with E-state index >= 15 is 0 Å². The number of carbonyl (C=O) groups is 3.